The van der Waals surface area contributed by atoms with Crippen LogP contribution in [-0.2, 0) is 11.3 Å². The lowest BCUT2D eigenvalue weighted by Crippen LogP contribution is -2.39. The maximum atomic E-state index is 13.2. The lowest BCUT2D eigenvalue weighted by atomic mass is 10.1. The first-order valence-corrected chi connectivity index (χ1v) is 10.0. The van der Waals surface area contributed by atoms with Gasteiger partial charge in [0.05, 0.1) is 6.10 Å². The van der Waals surface area contributed by atoms with Crippen LogP contribution in [0, 0.1) is 5.82 Å². The summed E-state index contributed by atoms with van der Waals surface area (Å²) in [4.78, 5) is 2.15. The average molecular weight is 438 g/mol. The molecule has 2 aromatic rings. The second-order valence-electron chi connectivity index (χ2n) is 6.87. The van der Waals surface area contributed by atoms with Gasteiger partial charge in [-0.15, -0.1) is 0 Å². The minimum Gasteiger partial charge on any atom is -0.491 e. The Morgan fingerprint density at radius 2 is 1.93 bits per heavy atom. The molecule has 0 aromatic heterocycles. The Morgan fingerprint density at radius 3 is 2.59 bits per heavy atom. The van der Waals surface area contributed by atoms with Gasteiger partial charge in [0.1, 0.15) is 24.3 Å². The molecule has 0 radical (unpaired) electrons. The Balaban J connectivity index is 1.55. The maximum Gasteiger partial charge on any atom is 0.123 e. The van der Waals surface area contributed by atoms with Gasteiger partial charge in [-0.25, -0.2) is 4.39 Å². The Labute approximate surface area is 168 Å². The number of aliphatic hydroxyl groups is 1. The number of halogens is 2. The van der Waals surface area contributed by atoms with E-state index in [9.17, 15) is 9.50 Å². The molecule has 6 heteroatoms. The van der Waals surface area contributed by atoms with E-state index >= 15 is 0 Å². The summed E-state index contributed by atoms with van der Waals surface area (Å²) in [6, 6.07) is 14.0. The summed E-state index contributed by atoms with van der Waals surface area (Å²) in [6.45, 7) is 2.85. The van der Waals surface area contributed by atoms with E-state index in [4.69, 9.17) is 9.47 Å². The fraction of sp³-hybridized carbons (Fsp3) is 0.429. The van der Waals surface area contributed by atoms with Crippen molar-refractivity contribution in [3.8, 4) is 5.75 Å². The van der Waals surface area contributed by atoms with Gasteiger partial charge in [0, 0.05) is 30.7 Å². The third-order valence-electron chi connectivity index (χ3n) is 4.53. The lowest BCUT2D eigenvalue weighted by molar-refractivity contribution is 0.0313. The Bertz CT molecular complexity index is 690. The van der Waals surface area contributed by atoms with Crippen LogP contribution in [0.15, 0.2) is 53.0 Å². The summed E-state index contributed by atoms with van der Waals surface area (Å²) >= 11 is 3.39. The highest BCUT2D eigenvalue weighted by molar-refractivity contribution is 9.10. The molecule has 0 spiro atoms. The molecule has 0 bridgehead atoms. The molecule has 2 aromatic carbocycles. The van der Waals surface area contributed by atoms with Crippen LogP contribution in [0.3, 0.4) is 0 Å². The highest BCUT2D eigenvalue weighted by Crippen LogP contribution is 2.18. The van der Waals surface area contributed by atoms with E-state index in [1.54, 1.807) is 12.1 Å². The van der Waals surface area contributed by atoms with Crippen LogP contribution in [-0.4, -0.2) is 48.5 Å². The minimum absolute atomic E-state index is 0.185. The van der Waals surface area contributed by atoms with Gasteiger partial charge in [-0.3, -0.25) is 4.90 Å². The Morgan fingerprint density at radius 1 is 1.19 bits per heavy atom. The zero-order chi connectivity index (χ0) is 19.1. The molecule has 2 atom stereocenters. The number of benzene rings is 2. The molecule has 27 heavy (non-hydrogen) atoms. The Hall–Kier alpha value is -1.47. The Kier molecular flexibility index (Phi) is 7.64. The van der Waals surface area contributed by atoms with Gasteiger partial charge in [0.15, 0.2) is 0 Å². The summed E-state index contributed by atoms with van der Waals surface area (Å²) in [5.41, 5.74) is 1.01. The molecule has 0 amide bonds. The predicted molar refractivity (Wildman–Crippen MR) is 106 cm³/mol. The second-order valence-corrected chi connectivity index (χ2v) is 7.79. The first-order chi connectivity index (χ1) is 13.1. The lowest BCUT2D eigenvalue weighted by Gasteiger charge is -2.27. The summed E-state index contributed by atoms with van der Waals surface area (Å²) in [5.74, 6) is 0.480. The van der Waals surface area contributed by atoms with Crippen molar-refractivity contribution >= 4 is 15.9 Å². The molecule has 2 unspecified atom stereocenters. The molecular formula is C21H25BrFNO3. The fourth-order valence-corrected chi connectivity index (χ4v) is 3.47. The number of nitrogens with zero attached hydrogens (tertiary/aromatic N) is 1. The monoisotopic (exact) mass is 437 g/mol. The average Bonchev–Trinajstić information content (AvgIpc) is 3.16. The summed E-state index contributed by atoms with van der Waals surface area (Å²) in [7, 11) is 0. The zero-order valence-corrected chi connectivity index (χ0v) is 16.8. The van der Waals surface area contributed by atoms with Crippen LogP contribution in [0.2, 0.25) is 0 Å². The van der Waals surface area contributed by atoms with Crippen molar-refractivity contribution in [1.29, 1.82) is 0 Å². The van der Waals surface area contributed by atoms with E-state index in [2.05, 4.69) is 20.8 Å². The van der Waals surface area contributed by atoms with Crippen molar-refractivity contribution in [1.82, 2.24) is 4.90 Å². The third-order valence-corrected chi connectivity index (χ3v) is 5.06. The van der Waals surface area contributed by atoms with Gasteiger partial charge in [0.2, 0.25) is 0 Å². The number of hydrogen-bond donors (Lipinski definition) is 1. The van der Waals surface area contributed by atoms with Gasteiger partial charge >= 0.3 is 0 Å². The predicted octanol–water partition coefficient (Wildman–Crippen LogP) is 4.01. The molecule has 0 saturated carbocycles. The van der Waals surface area contributed by atoms with Gasteiger partial charge in [-0.05, 0) is 54.8 Å². The molecule has 3 rings (SSSR count). The van der Waals surface area contributed by atoms with Crippen LogP contribution >= 0.6 is 15.9 Å². The first-order valence-electron chi connectivity index (χ1n) is 9.23. The number of hydrogen-bond acceptors (Lipinski definition) is 4. The van der Waals surface area contributed by atoms with E-state index in [1.807, 2.05) is 24.3 Å². The van der Waals surface area contributed by atoms with Crippen molar-refractivity contribution in [2.24, 2.45) is 0 Å². The maximum absolute atomic E-state index is 13.2. The molecule has 1 heterocycles. The van der Waals surface area contributed by atoms with Gasteiger partial charge in [-0.2, -0.15) is 0 Å². The van der Waals surface area contributed by atoms with E-state index in [0.717, 1.165) is 41.8 Å². The molecule has 1 fully saturated rings. The highest BCUT2D eigenvalue weighted by Gasteiger charge is 2.21. The second kappa shape index (κ2) is 10.2. The first kappa shape index (κ1) is 20.3. The molecule has 1 aliphatic heterocycles. The van der Waals surface area contributed by atoms with Crippen LogP contribution in [0.1, 0.15) is 18.4 Å². The van der Waals surface area contributed by atoms with Crippen molar-refractivity contribution in [3.05, 3.63) is 64.4 Å². The van der Waals surface area contributed by atoms with Crippen LogP contribution in [0.4, 0.5) is 4.39 Å². The van der Waals surface area contributed by atoms with E-state index in [1.165, 1.54) is 12.1 Å². The van der Waals surface area contributed by atoms with Crippen molar-refractivity contribution in [2.45, 2.75) is 31.6 Å². The van der Waals surface area contributed by atoms with Crippen molar-refractivity contribution in [3.63, 3.8) is 0 Å². The van der Waals surface area contributed by atoms with E-state index in [-0.39, 0.29) is 18.5 Å². The summed E-state index contributed by atoms with van der Waals surface area (Å²) in [5, 5.41) is 10.5. The standard InChI is InChI=1S/C21H25BrFNO3/c22-17-5-9-20(10-6-17)27-15-19(25)13-24(14-21-2-1-11-26-21)12-16-3-7-18(23)8-4-16/h3-10,19,21,25H,1-2,11-15H2. The quantitative estimate of drug-likeness (QED) is 0.643. The van der Waals surface area contributed by atoms with Crippen molar-refractivity contribution < 1.29 is 19.0 Å². The number of rotatable bonds is 9. The molecule has 1 saturated heterocycles. The SMILES string of the molecule is OC(COc1ccc(Br)cc1)CN(Cc1ccc(F)cc1)CC1CCCO1. The minimum atomic E-state index is -0.629. The molecule has 146 valence electrons. The molecule has 4 nitrogen and oxygen atoms in total. The summed E-state index contributed by atoms with van der Waals surface area (Å²) in [6.07, 6.45) is 1.66. The van der Waals surface area contributed by atoms with E-state index < -0.39 is 6.10 Å². The van der Waals surface area contributed by atoms with Crippen molar-refractivity contribution in [2.75, 3.05) is 26.3 Å². The topological polar surface area (TPSA) is 41.9 Å². The smallest absolute Gasteiger partial charge is 0.123 e. The van der Waals surface area contributed by atoms with Gasteiger partial charge in [0.25, 0.3) is 0 Å². The fourth-order valence-electron chi connectivity index (χ4n) is 3.20. The van der Waals surface area contributed by atoms with Crippen LogP contribution in [0.25, 0.3) is 0 Å². The normalized spacial score (nSPS) is 18.0. The highest BCUT2D eigenvalue weighted by atomic mass is 79.9. The molecular weight excluding hydrogens is 413 g/mol. The zero-order valence-electron chi connectivity index (χ0n) is 15.2. The molecule has 1 N–H and O–H groups in total. The number of ether oxygens (including phenoxy) is 2. The van der Waals surface area contributed by atoms with Gasteiger partial charge in [-0.1, -0.05) is 28.1 Å². The van der Waals surface area contributed by atoms with Crippen LogP contribution < -0.4 is 4.74 Å². The largest absolute Gasteiger partial charge is 0.491 e. The third kappa shape index (κ3) is 6.88. The molecule has 1 aliphatic rings. The van der Waals surface area contributed by atoms with Gasteiger partial charge < -0.3 is 14.6 Å². The van der Waals surface area contributed by atoms with Crippen LogP contribution in [0.5, 0.6) is 5.75 Å². The summed E-state index contributed by atoms with van der Waals surface area (Å²) < 4.78 is 25.6. The number of aliphatic hydroxyl groups excluding tert-OH is 1. The molecule has 0 aliphatic carbocycles. The van der Waals surface area contributed by atoms with E-state index in [0.29, 0.717) is 13.1 Å².